The number of halogens is 1. The van der Waals surface area contributed by atoms with E-state index in [1.54, 1.807) is 12.1 Å². The Balaban J connectivity index is 2.41. The van der Waals surface area contributed by atoms with E-state index in [2.05, 4.69) is 20.7 Å². The summed E-state index contributed by atoms with van der Waals surface area (Å²) >= 11 is 3.22. The van der Waals surface area contributed by atoms with Gasteiger partial charge in [0, 0.05) is 10.2 Å². The SMILES string of the molecule is COc1ccc(C)cc1NS(=O)(=O)c1ccc(N)c(Br)c1. The van der Waals surface area contributed by atoms with Crippen molar-refractivity contribution in [3.05, 3.63) is 46.4 Å². The molecule has 3 N–H and O–H groups in total. The number of nitrogen functional groups attached to an aromatic ring is 1. The Kier molecular flexibility index (Phi) is 4.43. The van der Waals surface area contributed by atoms with Gasteiger partial charge in [-0.3, -0.25) is 4.72 Å². The van der Waals surface area contributed by atoms with Crippen LogP contribution in [-0.4, -0.2) is 15.5 Å². The summed E-state index contributed by atoms with van der Waals surface area (Å²) in [6, 6.07) is 9.71. The van der Waals surface area contributed by atoms with Crippen molar-refractivity contribution in [2.24, 2.45) is 0 Å². The van der Waals surface area contributed by atoms with Crippen molar-refractivity contribution in [1.29, 1.82) is 0 Å². The van der Waals surface area contributed by atoms with Crippen molar-refractivity contribution in [1.82, 2.24) is 0 Å². The molecule has 21 heavy (non-hydrogen) atoms. The van der Waals surface area contributed by atoms with Gasteiger partial charge in [-0.15, -0.1) is 0 Å². The topological polar surface area (TPSA) is 81.4 Å². The number of nitrogens with one attached hydrogen (secondary N) is 1. The minimum atomic E-state index is -3.72. The molecule has 2 rings (SSSR count). The molecule has 0 atom stereocenters. The largest absolute Gasteiger partial charge is 0.495 e. The lowest BCUT2D eigenvalue weighted by atomic mass is 10.2. The number of sulfonamides is 1. The number of nitrogens with two attached hydrogens (primary N) is 1. The van der Waals surface area contributed by atoms with Crippen molar-refractivity contribution in [2.75, 3.05) is 17.6 Å². The van der Waals surface area contributed by atoms with Gasteiger partial charge in [-0.05, 0) is 58.7 Å². The van der Waals surface area contributed by atoms with Crippen LogP contribution in [0.3, 0.4) is 0 Å². The Morgan fingerprint density at radius 1 is 1.19 bits per heavy atom. The third-order valence-corrected chi connectivity index (χ3v) is 4.93. The molecule has 0 aliphatic rings. The molecule has 5 nitrogen and oxygen atoms in total. The summed E-state index contributed by atoms with van der Waals surface area (Å²) in [7, 11) is -2.23. The van der Waals surface area contributed by atoms with Crippen LogP contribution in [0.15, 0.2) is 45.8 Å². The first-order chi connectivity index (χ1) is 9.83. The van der Waals surface area contributed by atoms with Gasteiger partial charge in [-0.25, -0.2) is 8.42 Å². The number of ether oxygens (including phenoxy) is 1. The highest BCUT2D eigenvalue weighted by molar-refractivity contribution is 9.10. The Hall–Kier alpha value is -1.73. The van der Waals surface area contributed by atoms with Crippen molar-refractivity contribution in [3.8, 4) is 5.75 Å². The van der Waals surface area contributed by atoms with Crippen LogP contribution >= 0.6 is 15.9 Å². The van der Waals surface area contributed by atoms with Gasteiger partial charge >= 0.3 is 0 Å². The highest BCUT2D eigenvalue weighted by Gasteiger charge is 2.17. The normalized spacial score (nSPS) is 11.2. The number of benzene rings is 2. The third kappa shape index (κ3) is 3.48. The van der Waals surface area contributed by atoms with E-state index in [1.807, 2.05) is 13.0 Å². The number of rotatable bonds is 4. The summed E-state index contributed by atoms with van der Waals surface area (Å²) in [4.78, 5) is 0.118. The molecule has 0 unspecified atom stereocenters. The van der Waals surface area contributed by atoms with Crippen molar-refractivity contribution in [2.45, 2.75) is 11.8 Å². The quantitative estimate of drug-likeness (QED) is 0.809. The number of hydrogen-bond donors (Lipinski definition) is 2. The fourth-order valence-electron chi connectivity index (χ4n) is 1.78. The lowest BCUT2D eigenvalue weighted by molar-refractivity contribution is 0.417. The average Bonchev–Trinajstić information content (AvgIpc) is 2.41. The molecular formula is C14H15BrN2O3S. The maximum Gasteiger partial charge on any atom is 0.262 e. The fraction of sp³-hybridized carbons (Fsp3) is 0.143. The molecular weight excluding hydrogens is 356 g/mol. The highest BCUT2D eigenvalue weighted by atomic mass is 79.9. The molecule has 7 heteroatoms. The molecule has 0 bridgehead atoms. The molecule has 0 saturated heterocycles. The zero-order valence-electron chi connectivity index (χ0n) is 11.6. The Labute approximate surface area is 132 Å². The predicted octanol–water partition coefficient (Wildman–Crippen LogP) is 3.15. The second-order valence-corrected chi connectivity index (χ2v) is 7.03. The molecule has 0 heterocycles. The van der Waals surface area contributed by atoms with Gasteiger partial charge in [-0.1, -0.05) is 6.07 Å². The zero-order valence-corrected chi connectivity index (χ0v) is 14.0. The number of methoxy groups -OCH3 is 1. The standard InChI is InChI=1S/C14H15BrN2O3S/c1-9-3-6-14(20-2)13(7-9)17-21(18,19)10-4-5-12(16)11(15)8-10/h3-8,17H,16H2,1-2H3. The summed E-state index contributed by atoms with van der Waals surface area (Å²) in [5.74, 6) is 0.457. The molecule has 2 aromatic carbocycles. The molecule has 0 spiro atoms. The smallest absolute Gasteiger partial charge is 0.262 e. The van der Waals surface area contributed by atoms with Gasteiger partial charge in [0.1, 0.15) is 5.75 Å². The van der Waals surface area contributed by atoms with Crippen LogP contribution < -0.4 is 15.2 Å². The highest BCUT2D eigenvalue weighted by Crippen LogP contribution is 2.29. The van der Waals surface area contributed by atoms with E-state index in [4.69, 9.17) is 10.5 Å². The van der Waals surface area contributed by atoms with Gasteiger partial charge in [-0.2, -0.15) is 0 Å². The summed E-state index contributed by atoms with van der Waals surface area (Å²) in [6.07, 6.45) is 0. The van der Waals surface area contributed by atoms with E-state index in [1.165, 1.54) is 25.3 Å². The first-order valence-corrected chi connectivity index (χ1v) is 8.33. The second-order valence-electron chi connectivity index (χ2n) is 4.49. The van der Waals surface area contributed by atoms with Gasteiger partial charge in [0.15, 0.2) is 0 Å². The monoisotopic (exact) mass is 370 g/mol. The summed E-state index contributed by atoms with van der Waals surface area (Å²) in [6.45, 7) is 1.87. The van der Waals surface area contributed by atoms with E-state index in [0.29, 0.717) is 21.6 Å². The molecule has 0 saturated carbocycles. The van der Waals surface area contributed by atoms with Crippen LogP contribution in [0.25, 0.3) is 0 Å². The lowest BCUT2D eigenvalue weighted by Gasteiger charge is -2.13. The third-order valence-electron chi connectivity index (χ3n) is 2.88. The maximum absolute atomic E-state index is 12.4. The molecule has 112 valence electrons. The summed E-state index contributed by atoms with van der Waals surface area (Å²) in [5, 5.41) is 0. The van der Waals surface area contributed by atoms with Crippen LogP contribution in [0.4, 0.5) is 11.4 Å². The Bertz CT molecular complexity index is 776. The lowest BCUT2D eigenvalue weighted by Crippen LogP contribution is -2.14. The molecule has 0 aliphatic carbocycles. The van der Waals surface area contributed by atoms with Gasteiger partial charge < -0.3 is 10.5 Å². The van der Waals surface area contributed by atoms with E-state index in [9.17, 15) is 8.42 Å². The summed E-state index contributed by atoms with van der Waals surface area (Å²) in [5.41, 5.74) is 7.46. The van der Waals surface area contributed by atoms with E-state index in [-0.39, 0.29) is 4.90 Å². The Morgan fingerprint density at radius 2 is 1.90 bits per heavy atom. The minimum Gasteiger partial charge on any atom is -0.495 e. The minimum absolute atomic E-state index is 0.118. The molecule has 0 amide bonds. The number of hydrogen-bond acceptors (Lipinski definition) is 4. The van der Waals surface area contributed by atoms with Crippen molar-refractivity contribution >= 4 is 37.3 Å². The first-order valence-electron chi connectivity index (χ1n) is 6.06. The van der Waals surface area contributed by atoms with Gasteiger partial charge in [0.25, 0.3) is 10.0 Å². The van der Waals surface area contributed by atoms with Crippen molar-refractivity contribution < 1.29 is 13.2 Å². The molecule has 0 aliphatic heterocycles. The molecule has 2 aromatic rings. The fourth-order valence-corrected chi connectivity index (χ4v) is 3.40. The van der Waals surface area contributed by atoms with E-state index >= 15 is 0 Å². The average molecular weight is 371 g/mol. The van der Waals surface area contributed by atoms with Crippen LogP contribution in [-0.2, 0) is 10.0 Å². The number of aryl methyl sites for hydroxylation is 1. The van der Waals surface area contributed by atoms with Gasteiger partial charge in [0.05, 0.1) is 17.7 Å². The molecule has 0 aromatic heterocycles. The molecule has 0 fully saturated rings. The number of anilines is 2. The van der Waals surface area contributed by atoms with E-state index in [0.717, 1.165) is 5.56 Å². The maximum atomic E-state index is 12.4. The predicted molar refractivity (Wildman–Crippen MR) is 87.1 cm³/mol. The van der Waals surface area contributed by atoms with Gasteiger partial charge in [0.2, 0.25) is 0 Å². The van der Waals surface area contributed by atoms with Crippen molar-refractivity contribution in [3.63, 3.8) is 0 Å². The Morgan fingerprint density at radius 3 is 2.52 bits per heavy atom. The zero-order chi connectivity index (χ0) is 15.6. The van der Waals surface area contributed by atoms with Crippen LogP contribution in [0, 0.1) is 6.92 Å². The summed E-state index contributed by atoms with van der Waals surface area (Å²) < 4.78 is 33.1. The van der Waals surface area contributed by atoms with Crippen LogP contribution in [0.2, 0.25) is 0 Å². The van der Waals surface area contributed by atoms with Crippen LogP contribution in [0.5, 0.6) is 5.75 Å². The second kappa shape index (κ2) is 5.95. The molecule has 0 radical (unpaired) electrons. The van der Waals surface area contributed by atoms with E-state index < -0.39 is 10.0 Å². The van der Waals surface area contributed by atoms with Crippen LogP contribution in [0.1, 0.15) is 5.56 Å². The first kappa shape index (κ1) is 15.7.